The second-order valence-corrected chi connectivity index (χ2v) is 13.7. The summed E-state index contributed by atoms with van der Waals surface area (Å²) in [6, 6.07) is 27.6. The fourth-order valence-electron chi connectivity index (χ4n) is 5.81. The number of hydrogen-bond donors (Lipinski definition) is 0. The molecule has 4 aromatic carbocycles. The molecule has 1 aliphatic rings. The summed E-state index contributed by atoms with van der Waals surface area (Å²) < 4.78 is 33.0. The van der Waals surface area contributed by atoms with Gasteiger partial charge in [-0.05, 0) is 84.3 Å². The molecule has 1 saturated heterocycles. The molecule has 7 nitrogen and oxygen atoms in total. The molecule has 0 saturated carbocycles. The summed E-state index contributed by atoms with van der Waals surface area (Å²) in [5.74, 6) is 0.333. The van der Waals surface area contributed by atoms with E-state index in [1.165, 1.54) is 12.0 Å². The lowest BCUT2D eigenvalue weighted by Gasteiger charge is -2.17. The van der Waals surface area contributed by atoms with E-state index < -0.39 is 9.84 Å². The predicted octanol–water partition coefficient (Wildman–Crippen LogP) is 6.05. The predicted molar refractivity (Wildman–Crippen MR) is 173 cm³/mol. The van der Waals surface area contributed by atoms with Gasteiger partial charge in [0, 0.05) is 38.3 Å². The van der Waals surface area contributed by atoms with E-state index in [4.69, 9.17) is 4.74 Å². The van der Waals surface area contributed by atoms with Crippen LogP contribution >= 0.6 is 0 Å². The van der Waals surface area contributed by atoms with Gasteiger partial charge in [-0.3, -0.25) is 9.59 Å². The van der Waals surface area contributed by atoms with Gasteiger partial charge in [0.1, 0.15) is 10.6 Å². The standard InChI is InChI=1S/C36H38N2O5S/c1-25-8-5-12-31(18-25)36(40)38-17-16-27(23-38)19-26-9-6-10-28(20-26)24-44(41,42)34-22-30(14-15-33(34)43-4)29-11-7-13-32(21-29)35(39)37(2)3/h5-15,18,20-22,27H,16-17,19,23-24H2,1-4H3. The molecule has 0 N–H and O–H groups in total. The monoisotopic (exact) mass is 610 g/mol. The zero-order valence-corrected chi connectivity index (χ0v) is 26.4. The number of sulfone groups is 1. The number of ether oxygens (including phenoxy) is 1. The summed E-state index contributed by atoms with van der Waals surface area (Å²) >= 11 is 0. The first-order valence-corrected chi connectivity index (χ1v) is 16.4. The van der Waals surface area contributed by atoms with Gasteiger partial charge in [0.15, 0.2) is 9.84 Å². The summed E-state index contributed by atoms with van der Waals surface area (Å²) in [6.07, 6.45) is 1.68. The van der Waals surface area contributed by atoms with Crippen molar-refractivity contribution in [2.75, 3.05) is 34.3 Å². The van der Waals surface area contributed by atoms with Crippen LogP contribution in [0.4, 0.5) is 0 Å². The number of carbonyl (C=O) groups excluding carboxylic acids is 2. The van der Waals surface area contributed by atoms with E-state index in [9.17, 15) is 18.0 Å². The van der Waals surface area contributed by atoms with Crippen molar-refractivity contribution in [3.63, 3.8) is 0 Å². The molecule has 5 rings (SSSR count). The molecule has 1 aliphatic heterocycles. The molecule has 1 heterocycles. The highest BCUT2D eigenvalue weighted by Gasteiger charge is 2.27. The van der Waals surface area contributed by atoms with E-state index in [1.807, 2.05) is 66.4 Å². The van der Waals surface area contributed by atoms with E-state index in [0.717, 1.165) is 29.5 Å². The van der Waals surface area contributed by atoms with E-state index in [1.54, 1.807) is 50.5 Å². The van der Waals surface area contributed by atoms with Crippen molar-refractivity contribution in [1.29, 1.82) is 0 Å². The van der Waals surface area contributed by atoms with E-state index in [0.29, 0.717) is 41.3 Å². The van der Waals surface area contributed by atoms with Crippen LogP contribution in [0.25, 0.3) is 11.1 Å². The van der Waals surface area contributed by atoms with Gasteiger partial charge in [0.25, 0.3) is 11.8 Å². The Labute approximate surface area is 260 Å². The van der Waals surface area contributed by atoms with Crippen LogP contribution in [0.5, 0.6) is 5.75 Å². The van der Waals surface area contributed by atoms with Gasteiger partial charge in [-0.15, -0.1) is 0 Å². The number of rotatable bonds is 9. The lowest BCUT2D eigenvalue weighted by Crippen LogP contribution is -2.29. The lowest BCUT2D eigenvalue weighted by atomic mass is 9.97. The van der Waals surface area contributed by atoms with Crippen molar-refractivity contribution in [2.45, 2.75) is 30.4 Å². The Morgan fingerprint density at radius 3 is 2.32 bits per heavy atom. The average Bonchev–Trinajstić information content (AvgIpc) is 3.48. The van der Waals surface area contributed by atoms with Gasteiger partial charge in [0.05, 0.1) is 12.9 Å². The number of benzene rings is 4. The first-order valence-electron chi connectivity index (χ1n) is 14.7. The molecule has 0 radical (unpaired) electrons. The molecule has 2 amide bonds. The van der Waals surface area contributed by atoms with Gasteiger partial charge in [-0.25, -0.2) is 8.42 Å². The van der Waals surface area contributed by atoms with Crippen LogP contribution in [0, 0.1) is 12.8 Å². The molecule has 228 valence electrons. The summed E-state index contributed by atoms with van der Waals surface area (Å²) in [5, 5.41) is 0. The quantitative estimate of drug-likeness (QED) is 0.230. The minimum Gasteiger partial charge on any atom is -0.495 e. The summed E-state index contributed by atoms with van der Waals surface area (Å²) in [6.45, 7) is 3.38. The lowest BCUT2D eigenvalue weighted by molar-refractivity contribution is 0.0785. The maximum absolute atomic E-state index is 13.8. The van der Waals surface area contributed by atoms with Crippen molar-refractivity contribution in [2.24, 2.45) is 5.92 Å². The van der Waals surface area contributed by atoms with Crippen molar-refractivity contribution in [3.05, 3.63) is 119 Å². The minimum absolute atomic E-state index is 0.0586. The van der Waals surface area contributed by atoms with Crippen LogP contribution < -0.4 is 4.74 Å². The summed E-state index contributed by atoms with van der Waals surface area (Å²) in [7, 11) is 1.07. The smallest absolute Gasteiger partial charge is 0.253 e. The van der Waals surface area contributed by atoms with Crippen LogP contribution in [0.2, 0.25) is 0 Å². The molecule has 0 aromatic heterocycles. The van der Waals surface area contributed by atoms with Crippen molar-refractivity contribution < 1.29 is 22.7 Å². The Hall–Kier alpha value is -4.43. The number of hydrogen-bond acceptors (Lipinski definition) is 5. The highest BCUT2D eigenvalue weighted by molar-refractivity contribution is 7.90. The average molecular weight is 611 g/mol. The first kappa shape index (κ1) is 31.0. The highest BCUT2D eigenvalue weighted by Crippen LogP contribution is 2.33. The molecule has 44 heavy (non-hydrogen) atoms. The number of carbonyl (C=O) groups is 2. The molecular weight excluding hydrogens is 572 g/mol. The SMILES string of the molecule is COc1ccc(-c2cccc(C(=O)N(C)C)c2)cc1S(=O)(=O)Cc1cccc(CC2CCN(C(=O)c3cccc(C)c3)C2)c1. The zero-order valence-electron chi connectivity index (χ0n) is 25.6. The Bertz CT molecular complexity index is 1800. The van der Waals surface area contributed by atoms with Crippen molar-refractivity contribution in [1.82, 2.24) is 9.80 Å². The number of likely N-dealkylation sites (tertiary alicyclic amines) is 1. The summed E-state index contributed by atoms with van der Waals surface area (Å²) in [5.41, 5.74) is 5.47. The van der Waals surface area contributed by atoms with Gasteiger partial charge >= 0.3 is 0 Å². The molecule has 0 bridgehead atoms. The fourth-order valence-corrected chi connectivity index (χ4v) is 7.35. The van der Waals surface area contributed by atoms with E-state index in [-0.39, 0.29) is 28.2 Å². The maximum Gasteiger partial charge on any atom is 0.253 e. The van der Waals surface area contributed by atoms with Crippen molar-refractivity contribution >= 4 is 21.7 Å². The van der Waals surface area contributed by atoms with Crippen LogP contribution in [0.15, 0.2) is 95.9 Å². The van der Waals surface area contributed by atoms with Crippen LogP contribution in [0.1, 0.15) is 43.8 Å². The number of nitrogens with zero attached hydrogens (tertiary/aromatic N) is 2. The molecule has 1 atom stereocenters. The normalized spacial score (nSPS) is 14.8. The number of amides is 2. The highest BCUT2D eigenvalue weighted by atomic mass is 32.2. The molecule has 1 fully saturated rings. The largest absolute Gasteiger partial charge is 0.495 e. The molecular formula is C36H38N2O5S. The molecule has 1 unspecified atom stereocenters. The van der Waals surface area contributed by atoms with Gasteiger partial charge < -0.3 is 14.5 Å². The van der Waals surface area contributed by atoms with Gasteiger partial charge in [-0.1, -0.05) is 60.2 Å². The first-order chi connectivity index (χ1) is 21.0. The third-order valence-electron chi connectivity index (χ3n) is 8.06. The maximum atomic E-state index is 13.8. The Balaban J connectivity index is 1.31. The number of aryl methyl sites for hydroxylation is 1. The molecule has 8 heteroatoms. The van der Waals surface area contributed by atoms with Crippen LogP contribution in [-0.4, -0.2) is 64.3 Å². The van der Waals surface area contributed by atoms with Crippen LogP contribution in [-0.2, 0) is 22.0 Å². The Kier molecular flexibility index (Phi) is 9.20. The zero-order chi connectivity index (χ0) is 31.4. The second-order valence-electron chi connectivity index (χ2n) is 11.7. The third kappa shape index (κ3) is 7.03. The minimum atomic E-state index is -3.78. The Morgan fingerprint density at radius 1 is 0.864 bits per heavy atom. The molecule has 0 spiro atoms. The number of methoxy groups -OCH3 is 1. The Morgan fingerprint density at radius 2 is 1.57 bits per heavy atom. The van der Waals surface area contributed by atoms with Gasteiger partial charge in [-0.2, -0.15) is 0 Å². The van der Waals surface area contributed by atoms with Crippen molar-refractivity contribution in [3.8, 4) is 16.9 Å². The molecule has 0 aliphatic carbocycles. The van der Waals surface area contributed by atoms with Crippen LogP contribution in [0.3, 0.4) is 0 Å². The van der Waals surface area contributed by atoms with Gasteiger partial charge in [0.2, 0.25) is 0 Å². The molecule has 4 aromatic rings. The fraction of sp³-hybridized carbons (Fsp3) is 0.278. The topological polar surface area (TPSA) is 84.0 Å². The van der Waals surface area contributed by atoms with E-state index in [2.05, 4.69) is 0 Å². The summed E-state index contributed by atoms with van der Waals surface area (Å²) in [4.78, 5) is 29.0. The van der Waals surface area contributed by atoms with E-state index >= 15 is 0 Å². The third-order valence-corrected chi connectivity index (χ3v) is 9.76. The second kappa shape index (κ2) is 13.1.